The molecule has 8 heteroatoms. The second-order valence-corrected chi connectivity index (χ2v) is 7.17. The zero-order chi connectivity index (χ0) is 21.3. The molecule has 0 fully saturated rings. The molecule has 2 N–H and O–H groups in total. The van der Waals surface area contributed by atoms with Crippen molar-refractivity contribution in [3.05, 3.63) is 48.0 Å². The van der Waals surface area contributed by atoms with E-state index in [1.165, 1.54) is 23.1 Å². The van der Waals surface area contributed by atoms with Gasteiger partial charge in [0.2, 0.25) is 5.91 Å². The number of carbonyl (C=O) groups is 3. The Balaban J connectivity index is 1.94. The zero-order valence-corrected chi connectivity index (χ0v) is 16.6. The minimum Gasteiger partial charge on any atom is -0.497 e. The molecule has 2 aromatic carbocycles. The van der Waals surface area contributed by atoms with E-state index in [4.69, 9.17) is 9.47 Å². The number of ether oxygens (including phenoxy) is 2. The van der Waals surface area contributed by atoms with Gasteiger partial charge >= 0.3 is 5.97 Å². The van der Waals surface area contributed by atoms with Crippen LogP contribution in [0.25, 0.3) is 0 Å². The first-order valence-corrected chi connectivity index (χ1v) is 8.99. The second kappa shape index (κ2) is 7.46. The number of nitrogens with zero attached hydrogens (tertiary/aromatic N) is 1. The summed E-state index contributed by atoms with van der Waals surface area (Å²) in [5.41, 5.74) is -0.423. The van der Waals surface area contributed by atoms with Crippen molar-refractivity contribution in [1.29, 1.82) is 0 Å². The van der Waals surface area contributed by atoms with Crippen LogP contribution in [0.3, 0.4) is 0 Å². The SMILES string of the molecule is COc1ccc(NC(=O)C(C)N2C(=O)C(C)(C)Oc3ccc(C(=O)O)cc32)cc1. The molecular formula is C21H22N2O6. The van der Waals surface area contributed by atoms with Gasteiger partial charge in [-0.2, -0.15) is 0 Å². The van der Waals surface area contributed by atoms with E-state index >= 15 is 0 Å². The molecule has 1 unspecified atom stereocenters. The van der Waals surface area contributed by atoms with Crippen LogP contribution in [0.4, 0.5) is 11.4 Å². The van der Waals surface area contributed by atoms with E-state index in [9.17, 15) is 19.5 Å². The smallest absolute Gasteiger partial charge is 0.335 e. The van der Waals surface area contributed by atoms with E-state index in [0.29, 0.717) is 17.2 Å². The first kappa shape index (κ1) is 20.2. The maximum absolute atomic E-state index is 13.0. The molecule has 0 radical (unpaired) electrons. The monoisotopic (exact) mass is 398 g/mol. The van der Waals surface area contributed by atoms with Crippen LogP contribution >= 0.6 is 0 Å². The quantitative estimate of drug-likeness (QED) is 0.802. The minimum absolute atomic E-state index is 0.00683. The molecule has 152 valence electrons. The van der Waals surface area contributed by atoms with Crippen LogP contribution in [0.15, 0.2) is 42.5 Å². The van der Waals surface area contributed by atoms with Gasteiger partial charge in [-0.3, -0.25) is 14.5 Å². The number of anilines is 2. The standard InChI is InChI=1S/C21H22N2O6/c1-12(18(24)22-14-6-8-15(28-4)9-7-14)23-16-11-13(19(25)26)5-10-17(16)29-21(2,3)20(23)27/h5-12H,1-4H3,(H,22,24)(H,25,26). The van der Waals surface area contributed by atoms with Crippen molar-refractivity contribution in [3.63, 3.8) is 0 Å². The summed E-state index contributed by atoms with van der Waals surface area (Å²) in [6.45, 7) is 4.78. The third kappa shape index (κ3) is 3.87. The van der Waals surface area contributed by atoms with E-state index in [2.05, 4.69) is 5.32 Å². The molecule has 0 aromatic heterocycles. The lowest BCUT2D eigenvalue weighted by Gasteiger charge is -2.41. The molecule has 2 amide bonds. The fourth-order valence-electron chi connectivity index (χ4n) is 3.07. The molecule has 2 aromatic rings. The number of carbonyl (C=O) groups excluding carboxylic acids is 2. The first-order valence-electron chi connectivity index (χ1n) is 8.99. The van der Waals surface area contributed by atoms with Gasteiger partial charge in [-0.1, -0.05) is 0 Å². The first-order chi connectivity index (χ1) is 13.6. The van der Waals surface area contributed by atoms with E-state index in [1.807, 2.05) is 0 Å². The van der Waals surface area contributed by atoms with Gasteiger partial charge in [0, 0.05) is 5.69 Å². The van der Waals surface area contributed by atoms with Gasteiger partial charge in [-0.05, 0) is 63.2 Å². The molecule has 0 spiro atoms. The predicted octanol–water partition coefficient (Wildman–Crippen LogP) is 2.92. The number of carboxylic acids is 1. The molecule has 8 nitrogen and oxygen atoms in total. The van der Waals surface area contributed by atoms with Crippen molar-refractivity contribution in [2.45, 2.75) is 32.4 Å². The van der Waals surface area contributed by atoms with Crippen molar-refractivity contribution in [2.24, 2.45) is 0 Å². The molecular weight excluding hydrogens is 376 g/mol. The molecule has 1 atom stereocenters. The lowest BCUT2D eigenvalue weighted by molar-refractivity contribution is -0.134. The van der Waals surface area contributed by atoms with Crippen molar-refractivity contribution in [2.75, 3.05) is 17.3 Å². The van der Waals surface area contributed by atoms with Gasteiger partial charge in [0.1, 0.15) is 17.5 Å². The summed E-state index contributed by atoms with van der Waals surface area (Å²) in [4.78, 5) is 38.5. The number of hydrogen-bond donors (Lipinski definition) is 2. The summed E-state index contributed by atoms with van der Waals surface area (Å²) in [5.74, 6) is -1.02. The molecule has 0 saturated heterocycles. The Morgan fingerprint density at radius 1 is 1.17 bits per heavy atom. The van der Waals surface area contributed by atoms with Crippen LogP contribution < -0.4 is 19.7 Å². The highest BCUT2D eigenvalue weighted by Gasteiger charge is 2.44. The van der Waals surface area contributed by atoms with Crippen LogP contribution in [0.2, 0.25) is 0 Å². The molecule has 1 heterocycles. The molecule has 29 heavy (non-hydrogen) atoms. The van der Waals surface area contributed by atoms with E-state index in [-0.39, 0.29) is 11.3 Å². The van der Waals surface area contributed by atoms with E-state index in [1.54, 1.807) is 52.1 Å². The lowest BCUT2D eigenvalue weighted by Crippen LogP contribution is -2.58. The Hall–Kier alpha value is -3.55. The number of methoxy groups -OCH3 is 1. The van der Waals surface area contributed by atoms with Crippen molar-refractivity contribution < 1.29 is 29.0 Å². The van der Waals surface area contributed by atoms with Crippen molar-refractivity contribution in [3.8, 4) is 11.5 Å². The van der Waals surface area contributed by atoms with Gasteiger partial charge < -0.3 is 19.9 Å². The van der Waals surface area contributed by atoms with Crippen molar-refractivity contribution >= 4 is 29.2 Å². The number of amides is 2. The summed E-state index contributed by atoms with van der Waals surface area (Å²) in [7, 11) is 1.55. The second-order valence-electron chi connectivity index (χ2n) is 7.17. The highest BCUT2D eigenvalue weighted by atomic mass is 16.5. The zero-order valence-electron chi connectivity index (χ0n) is 16.6. The number of nitrogens with one attached hydrogen (secondary N) is 1. The number of fused-ring (bicyclic) bond motifs is 1. The maximum Gasteiger partial charge on any atom is 0.335 e. The average molecular weight is 398 g/mol. The fourth-order valence-corrected chi connectivity index (χ4v) is 3.07. The van der Waals surface area contributed by atoms with Crippen LogP contribution in [0.5, 0.6) is 11.5 Å². The lowest BCUT2D eigenvalue weighted by atomic mass is 10.0. The molecule has 0 saturated carbocycles. The van der Waals surface area contributed by atoms with E-state index < -0.39 is 29.4 Å². The highest BCUT2D eigenvalue weighted by molar-refractivity contribution is 6.10. The molecule has 0 aliphatic carbocycles. The Kier molecular flexibility index (Phi) is 5.19. The Morgan fingerprint density at radius 2 is 1.83 bits per heavy atom. The number of benzene rings is 2. The molecule has 3 rings (SSSR count). The summed E-state index contributed by atoms with van der Waals surface area (Å²) in [6.07, 6.45) is 0. The minimum atomic E-state index is -1.20. The summed E-state index contributed by atoms with van der Waals surface area (Å²) in [5, 5.41) is 12.1. The Morgan fingerprint density at radius 3 is 2.41 bits per heavy atom. The summed E-state index contributed by atoms with van der Waals surface area (Å²) < 4.78 is 10.8. The average Bonchev–Trinajstić information content (AvgIpc) is 2.68. The Labute approximate surface area is 168 Å². The molecule has 1 aliphatic rings. The fraction of sp³-hybridized carbons (Fsp3) is 0.286. The number of rotatable bonds is 5. The van der Waals surface area contributed by atoms with Crippen molar-refractivity contribution in [1.82, 2.24) is 0 Å². The predicted molar refractivity (Wildman–Crippen MR) is 107 cm³/mol. The van der Waals surface area contributed by atoms with Crippen LogP contribution in [-0.4, -0.2) is 41.6 Å². The molecule has 1 aliphatic heterocycles. The van der Waals surface area contributed by atoms with E-state index in [0.717, 1.165) is 0 Å². The van der Waals surface area contributed by atoms with Crippen LogP contribution in [0.1, 0.15) is 31.1 Å². The van der Waals surface area contributed by atoms with Gasteiger partial charge in [0.15, 0.2) is 5.60 Å². The normalized spacial score (nSPS) is 15.7. The Bertz CT molecular complexity index is 968. The third-order valence-corrected chi connectivity index (χ3v) is 4.69. The van der Waals surface area contributed by atoms with Crippen LogP contribution in [0, 0.1) is 0 Å². The third-order valence-electron chi connectivity index (χ3n) is 4.69. The van der Waals surface area contributed by atoms with Gasteiger partial charge in [0.05, 0.1) is 18.4 Å². The van der Waals surface area contributed by atoms with Gasteiger partial charge in [-0.25, -0.2) is 4.79 Å². The largest absolute Gasteiger partial charge is 0.497 e. The molecule has 0 bridgehead atoms. The maximum atomic E-state index is 13.0. The summed E-state index contributed by atoms with van der Waals surface area (Å²) in [6, 6.07) is 10.1. The van der Waals surface area contributed by atoms with Gasteiger partial charge in [0.25, 0.3) is 5.91 Å². The van der Waals surface area contributed by atoms with Crippen LogP contribution in [-0.2, 0) is 9.59 Å². The highest BCUT2D eigenvalue weighted by Crippen LogP contribution is 2.39. The number of hydrogen-bond acceptors (Lipinski definition) is 5. The number of carboxylic acid groups (broad SMARTS) is 1. The topological polar surface area (TPSA) is 105 Å². The summed E-state index contributed by atoms with van der Waals surface area (Å²) >= 11 is 0. The van der Waals surface area contributed by atoms with Gasteiger partial charge in [-0.15, -0.1) is 0 Å². The number of aromatic carboxylic acids is 1.